The van der Waals surface area contributed by atoms with Crippen molar-refractivity contribution in [3.8, 4) is 22.4 Å². The number of rotatable bonds is 4. The number of ether oxygens (including phenoxy) is 2. The minimum absolute atomic E-state index is 0.170. The Labute approximate surface area is 297 Å². The van der Waals surface area contributed by atoms with Crippen molar-refractivity contribution in [2.24, 2.45) is 5.92 Å². The van der Waals surface area contributed by atoms with Crippen molar-refractivity contribution in [2.45, 2.75) is 91.0 Å². The molecule has 7 rings (SSSR count). The van der Waals surface area contributed by atoms with Crippen LogP contribution in [0.1, 0.15) is 91.5 Å². The van der Waals surface area contributed by atoms with Gasteiger partial charge in [0.1, 0.15) is 22.9 Å². The summed E-state index contributed by atoms with van der Waals surface area (Å²) < 4.78 is 11.4. The van der Waals surface area contributed by atoms with Crippen molar-refractivity contribution in [3.05, 3.63) is 71.4 Å². The number of fused-ring (bicyclic) bond motifs is 2. The standard InChI is InChI=1S/C39H45ClN6O4/c1-22-14-16-46(37(48)50-39(5,6)7)33(22)35-41-21-31(44-35)26-13-11-23-17-25(12-10-24(23)18-26)27-19-29-30(20-28(27)40)43-34(42-29)32-9-8-15-45(32)36(47)49-38(2,3)4/h10-13,17-22,32-33H,8-9,14-16H2,1-7H3,(H,41,44)(H,42,43)/t22-,32+,33+/m1/s1. The second kappa shape index (κ2) is 12.6. The van der Waals surface area contributed by atoms with E-state index < -0.39 is 11.2 Å². The summed E-state index contributed by atoms with van der Waals surface area (Å²) in [6, 6.07) is 16.2. The van der Waals surface area contributed by atoms with Gasteiger partial charge in [-0.05, 0) is 107 Å². The number of hydrogen-bond acceptors (Lipinski definition) is 6. The number of likely N-dealkylation sites (tertiary alicyclic amines) is 2. The maximum Gasteiger partial charge on any atom is 0.410 e. The van der Waals surface area contributed by atoms with Crippen LogP contribution in [0, 0.1) is 5.92 Å². The zero-order chi connectivity index (χ0) is 35.5. The van der Waals surface area contributed by atoms with E-state index in [0.717, 1.165) is 75.1 Å². The summed E-state index contributed by atoms with van der Waals surface area (Å²) in [5.41, 5.74) is 4.17. The number of nitrogens with zero attached hydrogens (tertiary/aromatic N) is 4. The number of imidazole rings is 2. The highest BCUT2D eigenvalue weighted by Gasteiger charge is 2.40. The molecule has 262 valence electrons. The van der Waals surface area contributed by atoms with Crippen LogP contribution < -0.4 is 0 Å². The van der Waals surface area contributed by atoms with E-state index in [-0.39, 0.29) is 30.2 Å². The topological polar surface area (TPSA) is 116 Å². The summed E-state index contributed by atoms with van der Waals surface area (Å²) in [5, 5.41) is 2.76. The van der Waals surface area contributed by atoms with Gasteiger partial charge >= 0.3 is 12.2 Å². The highest BCUT2D eigenvalue weighted by molar-refractivity contribution is 6.34. The molecule has 4 heterocycles. The molecule has 50 heavy (non-hydrogen) atoms. The van der Waals surface area contributed by atoms with Gasteiger partial charge in [0.2, 0.25) is 0 Å². The molecule has 0 bridgehead atoms. The maximum absolute atomic E-state index is 13.0. The third kappa shape index (κ3) is 6.77. The van der Waals surface area contributed by atoms with Crippen molar-refractivity contribution < 1.29 is 19.1 Å². The van der Waals surface area contributed by atoms with E-state index in [1.165, 1.54) is 0 Å². The fourth-order valence-corrected chi connectivity index (χ4v) is 7.39. The minimum Gasteiger partial charge on any atom is -0.444 e. The average Bonchev–Trinajstić information content (AvgIpc) is 3.84. The Bertz CT molecular complexity index is 2090. The van der Waals surface area contributed by atoms with Crippen molar-refractivity contribution in [1.29, 1.82) is 0 Å². The number of carbonyl (C=O) groups excluding carboxylic acids is 2. The van der Waals surface area contributed by atoms with Crippen molar-refractivity contribution in [2.75, 3.05) is 13.1 Å². The van der Waals surface area contributed by atoms with Crippen LogP contribution in [0.15, 0.2) is 54.7 Å². The van der Waals surface area contributed by atoms with Gasteiger partial charge in [-0.3, -0.25) is 9.80 Å². The fourth-order valence-electron chi connectivity index (χ4n) is 7.12. The zero-order valence-electron chi connectivity index (χ0n) is 29.8. The van der Waals surface area contributed by atoms with Crippen LogP contribution in [-0.4, -0.2) is 66.2 Å². The molecule has 0 aliphatic carbocycles. The van der Waals surface area contributed by atoms with E-state index in [1.807, 2.05) is 59.9 Å². The summed E-state index contributed by atoms with van der Waals surface area (Å²) in [7, 11) is 0. The Morgan fingerprint density at radius 3 is 2.18 bits per heavy atom. The Hall–Kier alpha value is -4.57. The summed E-state index contributed by atoms with van der Waals surface area (Å²) in [6.07, 6.45) is 3.88. The lowest BCUT2D eigenvalue weighted by Gasteiger charge is -2.28. The number of carbonyl (C=O) groups is 2. The minimum atomic E-state index is -0.564. The normalized spacial score (nSPS) is 19.9. The highest BCUT2D eigenvalue weighted by atomic mass is 35.5. The van der Waals surface area contributed by atoms with Crippen LogP contribution in [0.4, 0.5) is 9.59 Å². The molecule has 2 amide bonds. The van der Waals surface area contributed by atoms with Crippen LogP contribution in [0.5, 0.6) is 0 Å². The smallest absolute Gasteiger partial charge is 0.410 e. The Balaban J connectivity index is 1.12. The predicted molar refractivity (Wildman–Crippen MR) is 196 cm³/mol. The van der Waals surface area contributed by atoms with Crippen LogP contribution in [0.25, 0.3) is 44.2 Å². The van der Waals surface area contributed by atoms with Crippen LogP contribution in [0.3, 0.4) is 0 Å². The first-order valence-corrected chi connectivity index (χ1v) is 17.8. The first-order chi connectivity index (χ1) is 23.6. The Morgan fingerprint density at radius 2 is 1.48 bits per heavy atom. The number of hydrogen-bond donors (Lipinski definition) is 2. The van der Waals surface area contributed by atoms with Gasteiger partial charge in [0.05, 0.1) is 33.8 Å². The van der Waals surface area contributed by atoms with E-state index in [0.29, 0.717) is 18.1 Å². The number of benzene rings is 3. The van der Waals surface area contributed by atoms with Gasteiger partial charge in [-0.2, -0.15) is 0 Å². The maximum atomic E-state index is 13.0. The van der Waals surface area contributed by atoms with Crippen molar-refractivity contribution in [3.63, 3.8) is 0 Å². The molecule has 5 aromatic rings. The number of aromatic amines is 2. The number of aromatic nitrogens is 4. The van der Waals surface area contributed by atoms with E-state index >= 15 is 0 Å². The molecule has 3 atom stereocenters. The van der Waals surface area contributed by atoms with Gasteiger partial charge in [-0.15, -0.1) is 0 Å². The molecule has 0 radical (unpaired) electrons. The molecule has 3 aromatic carbocycles. The lowest BCUT2D eigenvalue weighted by Crippen LogP contribution is -2.37. The predicted octanol–water partition coefficient (Wildman–Crippen LogP) is 9.82. The number of halogens is 1. The van der Waals surface area contributed by atoms with E-state index in [1.54, 1.807) is 9.80 Å². The molecule has 0 spiro atoms. The molecule has 10 nitrogen and oxygen atoms in total. The van der Waals surface area contributed by atoms with Crippen LogP contribution >= 0.6 is 11.6 Å². The lowest BCUT2D eigenvalue weighted by atomic mass is 9.99. The fraction of sp³-hybridized carbons (Fsp3) is 0.436. The number of amides is 2. The van der Waals surface area contributed by atoms with E-state index in [2.05, 4.69) is 53.3 Å². The van der Waals surface area contributed by atoms with Gasteiger partial charge in [-0.25, -0.2) is 19.6 Å². The SMILES string of the molecule is C[C@@H]1CCN(C(=O)OC(C)(C)C)[C@@H]1c1nc(-c2ccc3cc(-c4cc5nc([C@@H]6CCCN6C(=O)OC(C)(C)C)[nH]c5cc4Cl)ccc3c2)c[nH]1. The summed E-state index contributed by atoms with van der Waals surface area (Å²) in [6.45, 7) is 14.7. The van der Waals surface area contributed by atoms with Gasteiger partial charge in [0, 0.05) is 30.4 Å². The second-order valence-corrected chi connectivity index (χ2v) is 16.0. The molecule has 0 saturated carbocycles. The molecular formula is C39H45ClN6O4. The summed E-state index contributed by atoms with van der Waals surface area (Å²) >= 11 is 6.87. The summed E-state index contributed by atoms with van der Waals surface area (Å²) in [4.78, 5) is 46.1. The third-order valence-corrected chi connectivity index (χ3v) is 9.75. The highest BCUT2D eigenvalue weighted by Crippen LogP contribution is 2.39. The first-order valence-electron chi connectivity index (χ1n) is 17.4. The molecule has 2 saturated heterocycles. The molecule has 11 heteroatoms. The molecule has 2 fully saturated rings. The molecule has 2 aromatic heterocycles. The van der Waals surface area contributed by atoms with Crippen LogP contribution in [-0.2, 0) is 9.47 Å². The van der Waals surface area contributed by atoms with Gasteiger partial charge < -0.3 is 19.4 Å². The number of H-pyrrole nitrogens is 2. The second-order valence-electron chi connectivity index (χ2n) is 15.6. The monoisotopic (exact) mass is 696 g/mol. The molecular weight excluding hydrogens is 652 g/mol. The Morgan fingerprint density at radius 1 is 0.820 bits per heavy atom. The average molecular weight is 697 g/mol. The van der Waals surface area contributed by atoms with Gasteiger partial charge in [0.25, 0.3) is 0 Å². The Kier molecular flexibility index (Phi) is 8.57. The first kappa shape index (κ1) is 33.9. The largest absolute Gasteiger partial charge is 0.444 e. The molecule has 2 aliphatic heterocycles. The molecule has 0 unspecified atom stereocenters. The third-order valence-electron chi connectivity index (χ3n) is 9.44. The van der Waals surface area contributed by atoms with E-state index in [9.17, 15) is 9.59 Å². The zero-order valence-corrected chi connectivity index (χ0v) is 30.5. The van der Waals surface area contributed by atoms with Gasteiger partial charge in [0.15, 0.2) is 0 Å². The number of nitrogens with one attached hydrogen (secondary N) is 2. The van der Waals surface area contributed by atoms with Crippen molar-refractivity contribution in [1.82, 2.24) is 29.7 Å². The molecule has 2 aliphatic rings. The van der Waals surface area contributed by atoms with Crippen molar-refractivity contribution >= 4 is 45.6 Å². The molecule has 2 N–H and O–H groups in total. The van der Waals surface area contributed by atoms with E-state index in [4.69, 9.17) is 31.0 Å². The lowest BCUT2D eigenvalue weighted by molar-refractivity contribution is 0.0197. The summed E-state index contributed by atoms with van der Waals surface area (Å²) in [5.74, 6) is 1.76. The van der Waals surface area contributed by atoms with Gasteiger partial charge in [-0.1, -0.05) is 42.8 Å². The quantitative estimate of drug-likeness (QED) is 0.193. The van der Waals surface area contributed by atoms with Crippen LogP contribution in [0.2, 0.25) is 5.02 Å².